The summed E-state index contributed by atoms with van der Waals surface area (Å²) in [6, 6.07) is 2.71. The summed E-state index contributed by atoms with van der Waals surface area (Å²) in [5.74, 6) is -1.47. The molecule has 1 aromatic carbocycles. The van der Waals surface area contributed by atoms with Gasteiger partial charge in [0, 0.05) is 24.9 Å². The van der Waals surface area contributed by atoms with Gasteiger partial charge in [0.25, 0.3) is 0 Å². The van der Waals surface area contributed by atoms with Crippen LogP contribution in [0.4, 0.5) is 17.6 Å². The second-order valence-electron chi connectivity index (χ2n) is 6.09. The summed E-state index contributed by atoms with van der Waals surface area (Å²) in [6.45, 7) is 1.43. The molecule has 3 rings (SSSR count). The molecule has 1 heterocycles. The molecule has 1 amide bonds. The van der Waals surface area contributed by atoms with Gasteiger partial charge in [0.05, 0.1) is 11.6 Å². The number of carbonyl (C=O) groups excluding carboxylic acids is 1. The lowest BCUT2D eigenvalue weighted by Gasteiger charge is -2.27. The number of halogens is 4. The average molecular weight is 352 g/mol. The van der Waals surface area contributed by atoms with Crippen molar-refractivity contribution in [2.24, 2.45) is 0 Å². The Morgan fingerprint density at radius 3 is 2.68 bits per heavy atom. The smallest absolute Gasteiger partial charge is 0.349 e. The van der Waals surface area contributed by atoms with Gasteiger partial charge >= 0.3 is 6.18 Å². The molecule has 1 aromatic heterocycles. The molecule has 0 fully saturated rings. The Labute approximate surface area is 142 Å². The van der Waals surface area contributed by atoms with E-state index in [4.69, 9.17) is 0 Å². The molecule has 1 N–H and O–H groups in total. The molecule has 0 saturated carbocycles. The normalized spacial score (nSPS) is 17.1. The number of aromatic nitrogens is 1. The van der Waals surface area contributed by atoms with Crippen molar-refractivity contribution >= 4 is 5.91 Å². The van der Waals surface area contributed by atoms with Crippen molar-refractivity contribution < 1.29 is 22.4 Å². The molecular formula is C18H16F4N2O. The van der Waals surface area contributed by atoms with Gasteiger partial charge in [-0.25, -0.2) is 4.39 Å². The van der Waals surface area contributed by atoms with Crippen molar-refractivity contribution in [3.63, 3.8) is 0 Å². The molecule has 25 heavy (non-hydrogen) atoms. The Morgan fingerprint density at radius 1 is 1.28 bits per heavy atom. The summed E-state index contributed by atoms with van der Waals surface area (Å²) >= 11 is 0. The van der Waals surface area contributed by atoms with Crippen LogP contribution in [-0.4, -0.2) is 10.9 Å². The van der Waals surface area contributed by atoms with Crippen LogP contribution in [0.1, 0.15) is 42.5 Å². The highest BCUT2D eigenvalue weighted by molar-refractivity contribution is 5.74. The highest BCUT2D eigenvalue weighted by atomic mass is 19.4. The van der Waals surface area contributed by atoms with Crippen molar-refractivity contribution in [2.45, 2.75) is 38.4 Å². The van der Waals surface area contributed by atoms with E-state index in [0.717, 1.165) is 36.1 Å². The van der Waals surface area contributed by atoms with Crippen LogP contribution in [0.25, 0.3) is 11.1 Å². The molecule has 2 aromatic rings. The highest BCUT2D eigenvalue weighted by Gasteiger charge is 2.34. The summed E-state index contributed by atoms with van der Waals surface area (Å²) in [7, 11) is 0. The maximum Gasteiger partial charge on any atom is 0.419 e. The highest BCUT2D eigenvalue weighted by Crippen LogP contribution is 2.38. The van der Waals surface area contributed by atoms with Crippen molar-refractivity contribution in [1.82, 2.24) is 10.3 Å². The van der Waals surface area contributed by atoms with Crippen molar-refractivity contribution in [3.8, 4) is 11.1 Å². The number of hydrogen-bond donors (Lipinski definition) is 1. The lowest BCUT2D eigenvalue weighted by Crippen LogP contribution is -2.29. The summed E-state index contributed by atoms with van der Waals surface area (Å²) in [6.07, 6.45) is 0.729. The lowest BCUT2D eigenvalue weighted by molar-refractivity contribution is -0.140. The van der Waals surface area contributed by atoms with E-state index in [1.807, 2.05) is 0 Å². The van der Waals surface area contributed by atoms with Crippen molar-refractivity contribution in [1.29, 1.82) is 0 Å². The van der Waals surface area contributed by atoms with Crippen LogP contribution in [0.3, 0.4) is 0 Å². The summed E-state index contributed by atoms with van der Waals surface area (Å²) in [5, 5.41) is 2.86. The van der Waals surface area contributed by atoms with Gasteiger partial charge in [0.2, 0.25) is 5.91 Å². The Morgan fingerprint density at radius 2 is 2.04 bits per heavy atom. The van der Waals surface area contributed by atoms with E-state index in [2.05, 4.69) is 10.3 Å². The van der Waals surface area contributed by atoms with Gasteiger partial charge in [-0.15, -0.1) is 0 Å². The third-order valence-corrected chi connectivity index (χ3v) is 4.35. The minimum absolute atomic E-state index is 0.163. The van der Waals surface area contributed by atoms with Crippen molar-refractivity contribution in [3.05, 3.63) is 53.1 Å². The first-order valence-corrected chi connectivity index (χ1v) is 7.88. The molecule has 0 radical (unpaired) electrons. The second-order valence-corrected chi connectivity index (χ2v) is 6.09. The van der Waals surface area contributed by atoms with Crippen LogP contribution in [0.5, 0.6) is 0 Å². The molecule has 0 bridgehead atoms. The van der Waals surface area contributed by atoms with Gasteiger partial charge in [0.1, 0.15) is 5.82 Å². The average Bonchev–Trinajstić information content (AvgIpc) is 2.53. The fourth-order valence-corrected chi connectivity index (χ4v) is 3.28. The summed E-state index contributed by atoms with van der Waals surface area (Å²) in [4.78, 5) is 15.5. The van der Waals surface area contributed by atoms with Gasteiger partial charge in [0.15, 0.2) is 0 Å². The standard InChI is InChI=1S/C18H16F4N2O/c1-10(25)24-17-4-2-3-12-13(8-23-9-14(12)17)11-5-6-15(16(19)7-11)18(20,21)22/h5-9,17H,2-4H2,1H3,(H,24,25)/t17-/m1/s1. The molecule has 1 aliphatic rings. The fraction of sp³-hybridized carbons (Fsp3) is 0.333. The Hall–Kier alpha value is -2.44. The third-order valence-electron chi connectivity index (χ3n) is 4.35. The van der Waals surface area contributed by atoms with Crippen LogP contribution in [0.2, 0.25) is 0 Å². The van der Waals surface area contributed by atoms with Crippen LogP contribution in [0, 0.1) is 5.82 Å². The number of hydrogen-bond acceptors (Lipinski definition) is 2. The molecule has 3 nitrogen and oxygen atoms in total. The molecule has 0 aliphatic heterocycles. The molecule has 0 spiro atoms. The largest absolute Gasteiger partial charge is 0.419 e. The first-order chi connectivity index (χ1) is 11.8. The van der Waals surface area contributed by atoms with Gasteiger partial charge < -0.3 is 5.32 Å². The predicted molar refractivity (Wildman–Crippen MR) is 84.1 cm³/mol. The Bertz CT molecular complexity index is 817. The van der Waals surface area contributed by atoms with E-state index >= 15 is 0 Å². The number of alkyl halides is 3. The molecular weight excluding hydrogens is 336 g/mol. The lowest BCUT2D eigenvalue weighted by atomic mass is 9.84. The molecule has 1 aliphatic carbocycles. The Kier molecular flexibility index (Phi) is 4.49. The molecule has 0 unspecified atom stereocenters. The number of nitrogens with one attached hydrogen (secondary N) is 1. The molecule has 7 heteroatoms. The number of rotatable bonds is 2. The zero-order chi connectivity index (χ0) is 18.2. The van der Waals surface area contributed by atoms with E-state index in [9.17, 15) is 22.4 Å². The minimum atomic E-state index is -4.73. The van der Waals surface area contributed by atoms with Crippen LogP contribution >= 0.6 is 0 Å². The number of pyridine rings is 1. The molecule has 1 atom stereocenters. The van der Waals surface area contributed by atoms with E-state index in [-0.39, 0.29) is 11.9 Å². The van der Waals surface area contributed by atoms with E-state index in [1.54, 1.807) is 6.20 Å². The number of fused-ring (bicyclic) bond motifs is 1. The maximum absolute atomic E-state index is 13.9. The minimum Gasteiger partial charge on any atom is -0.349 e. The van der Waals surface area contributed by atoms with Gasteiger partial charge in [-0.3, -0.25) is 9.78 Å². The fourth-order valence-electron chi connectivity index (χ4n) is 3.28. The molecule has 0 saturated heterocycles. The topological polar surface area (TPSA) is 42.0 Å². The summed E-state index contributed by atoms with van der Waals surface area (Å²) < 4.78 is 52.1. The van der Waals surface area contributed by atoms with Gasteiger partial charge in [-0.1, -0.05) is 6.07 Å². The van der Waals surface area contributed by atoms with E-state index in [0.29, 0.717) is 17.5 Å². The second kappa shape index (κ2) is 6.46. The number of amides is 1. The number of benzene rings is 1. The predicted octanol–water partition coefficient (Wildman–Crippen LogP) is 4.42. The SMILES string of the molecule is CC(=O)N[C@@H]1CCCc2c(-c3ccc(C(F)(F)F)c(F)c3)cncc21. The third kappa shape index (κ3) is 3.50. The first kappa shape index (κ1) is 17.4. The maximum atomic E-state index is 13.9. The zero-order valence-corrected chi connectivity index (χ0v) is 13.5. The monoisotopic (exact) mass is 352 g/mol. The van der Waals surface area contributed by atoms with E-state index < -0.39 is 17.6 Å². The quantitative estimate of drug-likeness (QED) is 0.813. The summed E-state index contributed by atoms with van der Waals surface area (Å²) in [5.41, 5.74) is 1.38. The van der Waals surface area contributed by atoms with Crippen LogP contribution in [0.15, 0.2) is 30.6 Å². The van der Waals surface area contributed by atoms with Crippen LogP contribution < -0.4 is 5.32 Å². The van der Waals surface area contributed by atoms with Gasteiger partial charge in [-0.2, -0.15) is 13.2 Å². The zero-order valence-electron chi connectivity index (χ0n) is 13.5. The number of nitrogens with zero attached hydrogens (tertiary/aromatic N) is 1. The number of carbonyl (C=O) groups is 1. The Balaban J connectivity index is 2.05. The van der Waals surface area contributed by atoms with Gasteiger partial charge in [-0.05, 0) is 48.1 Å². The molecule has 132 valence electrons. The van der Waals surface area contributed by atoms with Crippen molar-refractivity contribution in [2.75, 3.05) is 0 Å². The van der Waals surface area contributed by atoms with E-state index in [1.165, 1.54) is 19.2 Å². The van der Waals surface area contributed by atoms with Crippen LogP contribution in [-0.2, 0) is 17.4 Å². The first-order valence-electron chi connectivity index (χ1n) is 7.88.